The van der Waals surface area contributed by atoms with Crippen LogP contribution in [0, 0.1) is 0 Å². The Labute approximate surface area is 416 Å². The summed E-state index contributed by atoms with van der Waals surface area (Å²) in [7, 11) is -11.9. The summed E-state index contributed by atoms with van der Waals surface area (Å²) >= 11 is 0. The van der Waals surface area contributed by atoms with Crippen molar-refractivity contribution in [2.45, 2.75) is 286 Å². The zero-order valence-corrected chi connectivity index (χ0v) is 47.0. The average molecular weight is 1110 g/mol. The molecule has 1 aliphatic rings. The molecule has 0 amide bonds. The highest BCUT2D eigenvalue weighted by Crippen LogP contribution is 2.51. The van der Waals surface area contributed by atoms with E-state index in [2.05, 4.69) is 0 Å². The molecule has 0 unspecified atom stereocenters. The van der Waals surface area contributed by atoms with Crippen LogP contribution in [0.1, 0.15) is 173 Å². The molecular weight excluding hydrogens is 1030 g/mol. The minimum absolute atomic E-state index is 0.110. The lowest BCUT2D eigenvalue weighted by molar-refractivity contribution is -0.283. The van der Waals surface area contributed by atoms with Crippen molar-refractivity contribution in [3.63, 3.8) is 0 Å². The van der Waals surface area contributed by atoms with Crippen molar-refractivity contribution < 1.29 is 88.7 Å². The number of esters is 1. The van der Waals surface area contributed by atoms with Crippen molar-refractivity contribution in [1.29, 1.82) is 0 Å². The predicted molar refractivity (Wildman–Crippen MR) is 255 cm³/mol. The number of alkyl halides is 15. The molecule has 5 nitrogen and oxygen atoms in total. The summed E-state index contributed by atoms with van der Waals surface area (Å²) in [6.07, 6.45) is -21.1. The molecule has 0 saturated carbocycles. The minimum atomic E-state index is -5.95. The van der Waals surface area contributed by atoms with Gasteiger partial charge in [0.2, 0.25) is 0 Å². The standard InChI is InChI=1S/C48H83F15O5Si3/c1-14-15-17-20-38-21-18-16-19-22-39(66-69(32(2)3,33(4)5)28-25-43(49,50)46(55,56)57)31-41(68-71(36(10)11,37(12)13)30-27-45(53,54)48(61,62)63)40(23-24-42(64)65-38)67-70(34(6)7,35(8)9)29-26-44(51,52)47(58,59)60/h23-24,32-41H,14-22,25-31H2,1-13H3/t38-,39-,40-,41-/m1/s1. The van der Waals surface area contributed by atoms with Crippen LogP contribution < -0.4 is 0 Å². The third-order valence-corrected chi connectivity index (χ3v) is 32.0. The van der Waals surface area contributed by atoms with Crippen molar-refractivity contribution in [3.8, 4) is 0 Å². The molecule has 0 aromatic rings. The third-order valence-electron chi connectivity index (χ3n) is 15.0. The van der Waals surface area contributed by atoms with E-state index in [0.29, 0.717) is 38.5 Å². The molecule has 0 aliphatic carbocycles. The second-order valence-electron chi connectivity index (χ2n) is 21.7. The number of halogens is 15. The van der Waals surface area contributed by atoms with E-state index in [9.17, 15) is 70.7 Å². The number of carbonyl (C=O) groups is 1. The molecule has 71 heavy (non-hydrogen) atoms. The van der Waals surface area contributed by atoms with Gasteiger partial charge in [-0.3, -0.25) is 0 Å². The zero-order chi connectivity index (χ0) is 55.4. The molecule has 422 valence electrons. The maximum atomic E-state index is 15.0. The van der Waals surface area contributed by atoms with Crippen LogP contribution >= 0.6 is 0 Å². The van der Waals surface area contributed by atoms with E-state index < -0.39 is 162 Å². The monoisotopic (exact) mass is 1110 g/mol. The normalized spacial score (nSPS) is 21.1. The first-order valence-electron chi connectivity index (χ1n) is 25.4. The van der Waals surface area contributed by atoms with E-state index in [1.807, 2.05) is 6.92 Å². The Kier molecular flexibility index (Phi) is 25.9. The third kappa shape index (κ3) is 18.7. The van der Waals surface area contributed by atoms with E-state index in [-0.39, 0.29) is 12.8 Å². The van der Waals surface area contributed by atoms with Gasteiger partial charge in [0.15, 0.2) is 25.0 Å². The lowest BCUT2D eigenvalue weighted by atomic mass is 9.99. The molecule has 4 atom stereocenters. The highest BCUT2D eigenvalue weighted by atomic mass is 28.4. The Morgan fingerprint density at radius 1 is 0.535 bits per heavy atom. The zero-order valence-electron chi connectivity index (χ0n) is 44.0. The summed E-state index contributed by atoms with van der Waals surface area (Å²) in [5.41, 5.74) is -4.10. The maximum absolute atomic E-state index is 15.0. The molecule has 0 aromatic carbocycles. The van der Waals surface area contributed by atoms with Gasteiger partial charge in [-0.15, -0.1) is 0 Å². The molecule has 1 aliphatic heterocycles. The molecule has 0 radical (unpaired) electrons. The number of hydrogen-bond donors (Lipinski definition) is 0. The first kappa shape index (κ1) is 67.7. The Balaban J connectivity index is 4.58. The van der Waals surface area contributed by atoms with Gasteiger partial charge < -0.3 is 18.0 Å². The van der Waals surface area contributed by atoms with Gasteiger partial charge in [0.05, 0.1) is 12.2 Å². The molecule has 0 N–H and O–H groups in total. The summed E-state index contributed by atoms with van der Waals surface area (Å²) in [6.45, 7) is 21.2. The number of hydrogen-bond acceptors (Lipinski definition) is 5. The van der Waals surface area contributed by atoms with Crippen LogP contribution in [0.15, 0.2) is 12.2 Å². The second-order valence-corrected chi connectivity index (χ2v) is 36.5. The highest BCUT2D eigenvalue weighted by molar-refractivity contribution is 6.77. The Morgan fingerprint density at radius 2 is 0.901 bits per heavy atom. The minimum Gasteiger partial charge on any atom is -0.459 e. The fourth-order valence-corrected chi connectivity index (χ4v) is 24.1. The van der Waals surface area contributed by atoms with E-state index in [0.717, 1.165) is 18.9 Å². The molecule has 1 rings (SSSR count). The van der Waals surface area contributed by atoms with Crippen molar-refractivity contribution in [2.75, 3.05) is 0 Å². The van der Waals surface area contributed by atoms with E-state index in [1.54, 1.807) is 83.1 Å². The van der Waals surface area contributed by atoms with Crippen LogP contribution in [0.3, 0.4) is 0 Å². The second kappa shape index (κ2) is 27.1. The highest BCUT2D eigenvalue weighted by Gasteiger charge is 2.62. The van der Waals surface area contributed by atoms with Gasteiger partial charge in [-0.2, -0.15) is 65.9 Å². The summed E-state index contributed by atoms with van der Waals surface area (Å²) in [6, 6.07) is -2.27. The largest absolute Gasteiger partial charge is 0.459 e. The topological polar surface area (TPSA) is 54.0 Å². The van der Waals surface area contributed by atoms with Crippen LogP contribution in [-0.2, 0) is 22.8 Å². The number of carbonyl (C=O) groups excluding carboxylic acids is 1. The smallest absolute Gasteiger partial charge is 0.453 e. The van der Waals surface area contributed by atoms with E-state index >= 15 is 0 Å². The maximum Gasteiger partial charge on any atom is 0.453 e. The van der Waals surface area contributed by atoms with Crippen molar-refractivity contribution >= 4 is 30.9 Å². The van der Waals surface area contributed by atoms with Gasteiger partial charge >= 0.3 is 42.3 Å². The SMILES string of the molecule is CCCCC[C@@H]1CCCCC[C@@H](O[Si](CCC(F)(F)C(F)(F)F)(C(C)C)C(C)C)C[C@@H](O[Si](CCC(F)(F)C(F)(F)F)(C(C)C)C(C)C)[C@H](O[Si](CCC(F)(F)C(F)(F)F)(C(C)C)C(C)C)C=CC(=O)O1. The number of cyclic esters (lactones) is 1. The molecule has 0 fully saturated rings. The lowest BCUT2D eigenvalue weighted by Gasteiger charge is -2.48. The van der Waals surface area contributed by atoms with Gasteiger partial charge in [0, 0.05) is 37.9 Å². The fourth-order valence-electron chi connectivity index (χ4n) is 10.2. The summed E-state index contributed by atoms with van der Waals surface area (Å²) in [4.78, 5) is 13.8. The van der Waals surface area contributed by atoms with E-state index in [4.69, 9.17) is 18.0 Å². The number of rotatable bonds is 25. The first-order valence-corrected chi connectivity index (χ1v) is 32.2. The Morgan fingerprint density at radius 3 is 1.27 bits per heavy atom. The molecule has 0 aromatic heterocycles. The molecule has 1 heterocycles. The van der Waals surface area contributed by atoms with Gasteiger partial charge in [-0.1, -0.05) is 116 Å². The lowest BCUT2D eigenvalue weighted by Crippen LogP contribution is -2.56. The summed E-state index contributed by atoms with van der Waals surface area (Å²) in [5, 5.41) is 0. The van der Waals surface area contributed by atoms with Gasteiger partial charge in [-0.25, -0.2) is 4.79 Å². The summed E-state index contributed by atoms with van der Waals surface area (Å²) in [5.74, 6) is -16.3. The van der Waals surface area contributed by atoms with Crippen molar-refractivity contribution in [2.24, 2.45) is 0 Å². The Hall–Kier alpha value is -1.31. The average Bonchev–Trinajstić information content (AvgIpc) is 3.20. The van der Waals surface area contributed by atoms with Gasteiger partial charge in [0.25, 0.3) is 0 Å². The van der Waals surface area contributed by atoms with Crippen LogP contribution in [-0.4, -0.2) is 91.6 Å². The Bertz CT molecular complexity index is 1580. The molecule has 0 spiro atoms. The molecular formula is C48H83F15O5Si3. The van der Waals surface area contributed by atoms with Crippen LogP contribution in [0.5, 0.6) is 0 Å². The van der Waals surface area contributed by atoms with Gasteiger partial charge in [-0.05, 0) is 89.6 Å². The molecule has 0 bridgehead atoms. The van der Waals surface area contributed by atoms with Crippen molar-refractivity contribution in [1.82, 2.24) is 0 Å². The number of unbranched alkanes of at least 4 members (excludes halogenated alkanes) is 2. The van der Waals surface area contributed by atoms with E-state index in [1.165, 1.54) is 6.08 Å². The molecule has 0 saturated heterocycles. The number of ether oxygens (including phenoxy) is 1. The molecule has 23 heteroatoms. The summed E-state index contributed by atoms with van der Waals surface area (Å²) < 4.78 is 240. The first-order chi connectivity index (χ1) is 32.1. The van der Waals surface area contributed by atoms with Crippen LogP contribution in [0.4, 0.5) is 65.9 Å². The quantitative estimate of drug-likeness (QED) is 0.0395. The van der Waals surface area contributed by atoms with Crippen molar-refractivity contribution in [3.05, 3.63) is 12.2 Å². The van der Waals surface area contributed by atoms with Crippen LogP contribution in [0.25, 0.3) is 0 Å². The fraction of sp³-hybridized carbons (Fsp3) is 0.938. The van der Waals surface area contributed by atoms with Crippen LogP contribution in [0.2, 0.25) is 51.4 Å². The predicted octanol–water partition coefficient (Wildman–Crippen LogP) is 18.6. The van der Waals surface area contributed by atoms with Gasteiger partial charge in [0.1, 0.15) is 6.10 Å².